The average molecular weight is 323 g/mol. The van der Waals surface area contributed by atoms with Crippen molar-refractivity contribution in [3.63, 3.8) is 0 Å². The highest BCUT2D eigenvalue weighted by molar-refractivity contribution is 6.11. The largest absolute Gasteiger partial charge is 0.322 e. The van der Waals surface area contributed by atoms with Gasteiger partial charge in [-0.15, -0.1) is 0 Å². The minimum absolute atomic E-state index is 0.0139. The van der Waals surface area contributed by atoms with Gasteiger partial charge in [-0.1, -0.05) is 45.5 Å². The molecule has 1 aromatic rings. The Morgan fingerprint density at radius 3 is 2.54 bits per heavy atom. The monoisotopic (exact) mass is 323 g/mol. The Morgan fingerprint density at radius 1 is 1.29 bits per heavy atom. The van der Waals surface area contributed by atoms with Crippen LogP contribution in [-0.2, 0) is 9.59 Å². The van der Waals surface area contributed by atoms with Gasteiger partial charge in [0.1, 0.15) is 0 Å². The van der Waals surface area contributed by atoms with E-state index in [4.69, 9.17) is 0 Å². The van der Waals surface area contributed by atoms with Gasteiger partial charge in [0.15, 0.2) is 5.78 Å². The van der Waals surface area contributed by atoms with Crippen molar-refractivity contribution in [2.75, 3.05) is 5.32 Å². The summed E-state index contributed by atoms with van der Waals surface area (Å²) >= 11 is 0. The summed E-state index contributed by atoms with van der Waals surface area (Å²) in [5.41, 5.74) is 3.30. The molecule has 3 heteroatoms. The standard InChI is InChI=1S/C21H25NO2/c1-6-17(23)22-16-10-8-7-9-14(16)13(2)18-15-11-12-21(5,19(18)24)20(15,3)4/h6-10,15H,1,11-12H2,2-5H3,(H,22,23). The molecule has 3 nitrogen and oxygen atoms in total. The molecule has 1 N–H and O–H groups in total. The predicted molar refractivity (Wildman–Crippen MR) is 97.5 cm³/mol. The molecule has 24 heavy (non-hydrogen) atoms. The van der Waals surface area contributed by atoms with Gasteiger partial charge in [0.2, 0.25) is 5.91 Å². The van der Waals surface area contributed by atoms with E-state index >= 15 is 0 Å². The van der Waals surface area contributed by atoms with Crippen LogP contribution in [0.2, 0.25) is 0 Å². The van der Waals surface area contributed by atoms with E-state index in [1.54, 1.807) is 0 Å². The average Bonchev–Trinajstić information content (AvgIpc) is 2.87. The molecule has 2 bridgehead atoms. The number of allylic oxidation sites excluding steroid dienone is 2. The van der Waals surface area contributed by atoms with Crippen LogP contribution in [0, 0.1) is 16.7 Å². The third kappa shape index (κ3) is 2.10. The van der Waals surface area contributed by atoms with E-state index in [0.29, 0.717) is 0 Å². The van der Waals surface area contributed by atoms with E-state index in [2.05, 4.69) is 32.7 Å². The fourth-order valence-corrected chi connectivity index (χ4v) is 4.55. The molecule has 2 atom stereocenters. The van der Waals surface area contributed by atoms with Gasteiger partial charge in [-0.25, -0.2) is 0 Å². The molecular weight excluding hydrogens is 298 g/mol. The van der Waals surface area contributed by atoms with Crippen LogP contribution in [0.1, 0.15) is 46.1 Å². The second-order valence-electron chi connectivity index (χ2n) is 7.75. The maximum absolute atomic E-state index is 13.1. The molecule has 0 spiro atoms. The maximum Gasteiger partial charge on any atom is 0.247 e. The van der Waals surface area contributed by atoms with Crippen molar-refractivity contribution in [1.29, 1.82) is 0 Å². The molecule has 3 rings (SSSR count). The second kappa shape index (κ2) is 5.44. The molecule has 0 saturated heterocycles. The normalized spacial score (nSPS) is 29.5. The van der Waals surface area contributed by atoms with Crippen molar-refractivity contribution in [2.24, 2.45) is 16.7 Å². The van der Waals surface area contributed by atoms with Gasteiger partial charge in [0.25, 0.3) is 0 Å². The molecule has 2 aliphatic rings. The minimum atomic E-state index is -0.270. The fourth-order valence-electron chi connectivity index (χ4n) is 4.55. The van der Waals surface area contributed by atoms with Crippen LogP contribution in [0.4, 0.5) is 5.69 Å². The number of nitrogens with one attached hydrogen (secondary N) is 1. The summed E-state index contributed by atoms with van der Waals surface area (Å²) in [4.78, 5) is 24.9. The van der Waals surface area contributed by atoms with Crippen LogP contribution in [0.15, 0.2) is 42.5 Å². The lowest BCUT2D eigenvalue weighted by molar-refractivity contribution is -0.125. The van der Waals surface area contributed by atoms with E-state index in [0.717, 1.165) is 35.2 Å². The highest BCUT2D eigenvalue weighted by atomic mass is 16.1. The smallest absolute Gasteiger partial charge is 0.247 e. The lowest BCUT2D eigenvalue weighted by Gasteiger charge is -2.31. The first kappa shape index (κ1) is 16.7. The summed E-state index contributed by atoms with van der Waals surface area (Å²) in [5, 5.41) is 2.85. The molecule has 2 saturated carbocycles. The molecule has 1 aromatic carbocycles. The van der Waals surface area contributed by atoms with Crippen molar-refractivity contribution in [3.05, 3.63) is 48.1 Å². The van der Waals surface area contributed by atoms with E-state index in [1.807, 2.05) is 31.2 Å². The summed E-state index contributed by atoms with van der Waals surface area (Å²) in [7, 11) is 0. The zero-order chi connectivity index (χ0) is 17.7. The molecule has 1 amide bonds. The molecule has 2 aliphatic carbocycles. The third-order valence-corrected chi connectivity index (χ3v) is 6.50. The number of Topliss-reactive ketones (excluding diaryl/α,β-unsaturated/α-hetero) is 1. The van der Waals surface area contributed by atoms with Crippen LogP contribution >= 0.6 is 0 Å². The molecule has 0 heterocycles. The van der Waals surface area contributed by atoms with Gasteiger partial charge in [-0.05, 0) is 48.8 Å². The lowest BCUT2D eigenvalue weighted by atomic mass is 9.70. The molecule has 0 aromatic heterocycles. The first-order valence-electron chi connectivity index (χ1n) is 8.52. The molecule has 2 unspecified atom stereocenters. The number of carbonyl (C=O) groups is 2. The first-order valence-corrected chi connectivity index (χ1v) is 8.52. The number of amides is 1. The SMILES string of the molecule is C=CC(=O)Nc1ccccc1C(C)=C1C(=O)C2(C)CCC1C2(C)C. The number of para-hydroxylation sites is 1. The van der Waals surface area contributed by atoms with Crippen LogP contribution in [0.3, 0.4) is 0 Å². The maximum atomic E-state index is 13.1. The van der Waals surface area contributed by atoms with Crippen molar-refractivity contribution in [3.8, 4) is 0 Å². The van der Waals surface area contributed by atoms with Gasteiger partial charge in [-0.2, -0.15) is 0 Å². The van der Waals surface area contributed by atoms with E-state index in [-0.39, 0.29) is 28.4 Å². The topological polar surface area (TPSA) is 46.2 Å². The predicted octanol–water partition coefficient (Wildman–Crippen LogP) is 4.61. The number of hydrogen-bond donors (Lipinski definition) is 1. The van der Waals surface area contributed by atoms with Crippen LogP contribution in [0.25, 0.3) is 5.57 Å². The summed E-state index contributed by atoms with van der Waals surface area (Å²) in [6, 6.07) is 7.66. The number of benzene rings is 1. The molecule has 126 valence electrons. The number of ketones is 1. The third-order valence-electron chi connectivity index (χ3n) is 6.50. The zero-order valence-corrected chi connectivity index (χ0v) is 14.9. The van der Waals surface area contributed by atoms with Crippen LogP contribution in [-0.4, -0.2) is 11.7 Å². The molecular formula is C21H25NO2. The van der Waals surface area contributed by atoms with Crippen LogP contribution < -0.4 is 5.32 Å². The van der Waals surface area contributed by atoms with Gasteiger partial charge < -0.3 is 5.32 Å². The number of rotatable bonds is 3. The second-order valence-corrected chi connectivity index (χ2v) is 7.75. The fraction of sp³-hybridized carbons (Fsp3) is 0.429. The van der Waals surface area contributed by atoms with E-state index in [9.17, 15) is 9.59 Å². The molecule has 0 radical (unpaired) electrons. The number of anilines is 1. The van der Waals surface area contributed by atoms with Gasteiger partial charge >= 0.3 is 0 Å². The Balaban J connectivity index is 2.12. The van der Waals surface area contributed by atoms with Crippen molar-refractivity contribution in [1.82, 2.24) is 0 Å². The van der Waals surface area contributed by atoms with E-state index < -0.39 is 0 Å². The van der Waals surface area contributed by atoms with Crippen molar-refractivity contribution in [2.45, 2.75) is 40.5 Å². The Kier molecular flexibility index (Phi) is 3.78. The van der Waals surface area contributed by atoms with E-state index in [1.165, 1.54) is 6.08 Å². The highest BCUT2D eigenvalue weighted by Crippen LogP contribution is 2.66. The summed E-state index contributed by atoms with van der Waals surface area (Å²) in [6.45, 7) is 12.1. The van der Waals surface area contributed by atoms with Crippen molar-refractivity contribution < 1.29 is 9.59 Å². The Bertz CT molecular complexity index is 772. The first-order chi connectivity index (χ1) is 11.2. The summed E-state index contributed by atoms with van der Waals surface area (Å²) in [5.74, 6) is 0.330. The minimum Gasteiger partial charge on any atom is -0.322 e. The Hall–Kier alpha value is -2.16. The number of hydrogen-bond acceptors (Lipinski definition) is 2. The van der Waals surface area contributed by atoms with Gasteiger partial charge in [0, 0.05) is 22.2 Å². The Labute approximate surface area is 143 Å². The summed E-state index contributed by atoms with van der Waals surface area (Å²) < 4.78 is 0. The van der Waals surface area contributed by atoms with Crippen molar-refractivity contribution >= 4 is 23.0 Å². The molecule has 2 fully saturated rings. The lowest BCUT2D eigenvalue weighted by Crippen LogP contribution is -2.32. The molecule has 0 aliphatic heterocycles. The number of carbonyl (C=O) groups excluding carboxylic acids is 2. The van der Waals surface area contributed by atoms with Gasteiger partial charge in [-0.3, -0.25) is 9.59 Å². The number of fused-ring (bicyclic) bond motifs is 2. The quantitative estimate of drug-likeness (QED) is 0.826. The Morgan fingerprint density at radius 2 is 1.96 bits per heavy atom. The van der Waals surface area contributed by atoms with Gasteiger partial charge in [0.05, 0.1) is 0 Å². The summed E-state index contributed by atoms with van der Waals surface area (Å²) in [6.07, 6.45) is 3.28. The highest BCUT2D eigenvalue weighted by Gasteiger charge is 2.64. The van der Waals surface area contributed by atoms with Crippen LogP contribution in [0.5, 0.6) is 0 Å². The zero-order valence-electron chi connectivity index (χ0n) is 14.9.